The van der Waals surface area contributed by atoms with Crippen LogP contribution < -0.4 is 15.4 Å². The fraction of sp³-hybridized carbons (Fsp3) is 0.333. The summed E-state index contributed by atoms with van der Waals surface area (Å²) in [5, 5.41) is 0. The van der Waals surface area contributed by atoms with E-state index < -0.39 is 6.10 Å². The van der Waals surface area contributed by atoms with E-state index in [0.717, 1.165) is 12.0 Å². The molecule has 0 spiro atoms. The number of hydrogen-bond acceptors (Lipinski definition) is 4. The van der Waals surface area contributed by atoms with Gasteiger partial charge in [-0.05, 0) is 24.5 Å². The van der Waals surface area contributed by atoms with Gasteiger partial charge in [-0.2, -0.15) is 0 Å². The molecule has 0 aliphatic carbocycles. The van der Waals surface area contributed by atoms with Gasteiger partial charge in [0.05, 0.1) is 0 Å². The molecule has 0 saturated carbocycles. The Hall–Kier alpha value is -2.56. The van der Waals surface area contributed by atoms with Crippen LogP contribution in [0, 0.1) is 5.92 Å². The molecule has 23 heavy (non-hydrogen) atoms. The van der Waals surface area contributed by atoms with E-state index in [4.69, 9.17) is 10.5 Å². The number of anilines is 2. The third-order valence-corrected chi connectivity index (χ3v) is 3.88. The largest absolute Gasteiger partial charge is 0.472 e. The van der Waals surface area contributed by atoms with Crippen LogP contribution in [-0.4, -0.2) is 17.4 Å². The number of ether oxygens (including phenoxy) is 1. The molecule has 0 radical (unpaired) electrons. The Kier molecular flexibility index (Phi) is 4.19. The molecule has 2 N–H and O–H groups in total. The van der Waals surface area contributed by atoms with Crippen LogP contribution in [0.2, 0.25) is 0 Å². The van der Waals surface area contributed by atoms with E-state index in [0.29, 0.717) is 29.8 Å². The summed E-state index contributed by atoms with van der Waals surface area (Å²) in [4.78, 5) is 18.9. The lowest BCUT2D eigenvalue weighted by Crippen LogP contribution is -2.42. The molecule has 2 aromatic rings. The second-order valence-corrected chi connectivity index (χ2v) is 6.14. The molecule has 1 unspecified atom stereocenters. The van der Waals surface area contributed by atoms with Crippen molar-refractivity contribution >= 4 is 17.5 Å². The molecule has 0 bridgehead atoms. The molecule has 5 heteroatoms. The Bertz CT molecular complexity index is 701. The van der Waals surface area contributed by atoms with E-state index in [1.807, 2.05) is 30.3 Å². The fourth-order valence-corrected chi connectivity index (χ4v) is 2.60. The summed E-state index contributed by atoms with van der Waals surface area (Å²) in [7, 11) is 0. The second kappa shape index (κ2) is 6.28. The average Bonchev–Trinajstić information content (AvgIpc) is 2.54. The fourth-order valence-electron chi connectivity index (χ4n) is 2.60. The summed E-state index contributed by atoms with van der Waals surface area (Å²) >= 11 is 0. The number of hydrogen-bond donors (Lipinski definition) is 1. The number of carbonyl (C=O) groups excluding carboxylic acids is 1. The van der Waals surface area contributed by atoms with Gasteiger partial charge in [-0.15, -0.1) is 0 Å². The third kappa shape index (κ3) is 3.13. The van der Waals surface area contributed by atoms with Gasteiger partial charge in [0.1, 0.15) is 5.82 Å². The van der Waals surface area contributed by atoms with Crippen molar-refractivity contribution in [2.75, 3.05) is 17.2 Å². The summed E-state index contributed by atoms with van der Waals surface area (Å²) in [6.07, 6.45) is 0.254. The highest BCUT2D eigenvalue weighted by molar-refractivity contribution is 5.99. The standard InChI is InChI=1S/C18H21N3O2/c1-12(2)10-11-21-17-14(8-9-15(19)20-17)23-16(18(21)22)13-6-4-3-5-7-13/h3-9,12,16H,10-11H2,1-2H3,(H2,19,20). The number of aromatic nitrogens is 1. The van der Waals surface area contributed by atoms with Gasteiger partial charge in [-0.25, -0.2) is 4.98 Å². The summed E-state index contributed by atoms with van der Waals surface area (Å²) < 4.78 is 5.91. The Balaban J connectivity index is 1.99. The number of amides is 1. The first-order valence-corrected chi connectivity index (χ1v) is 7.85. The van der Waals surface area contributed by atoms with Crippen LogP contribution in [-0.2, 0) is 4.79 Å². The van der Waals surface area contributed by atoms with E-state index in [-0.39, 0.29) is 5.91 Å². The Morgan fingerprint density at radius 1 is 1.22 bits per heavy atom. The first-order valence-electron chi connectivity index (χ1n) is 7.85. The predicted octanol–water partition coefficient (Wildman–Crippen LogP) is 3.18. The summed E-state index contributed by atoms with van der Waals surface area (Å²) in [5.41, 5.74) is 6.63. The molecular weight excluding hydrogens is 290 g/mol. The van der Waals surface area contributed by atoms with Crippen LogP contribution >= 0.6 is 0 Å². The van der Waals surface area contributed by atoms with Gasteiger partial charge in [-0.1, -0.05) is 44.2 Å². The van der Waals surface area contributed by atoms with Crippen molar-refractivity contribution in [3.8, 4) is 5.75 Å². The Morgan fingerprint density at radius 3 is 2.65 bits per heavy atom. The third-order valence-electron chi connectivity index (χ3n) is 3.88. The number of nitrogens with two attached hydrogens (primary N) is 1. The van der Waals surface area contributed by atoms with Gasteiger partial charge in [0.2, 0.25) is 6.10 Å². The molecule has 3 rings (SSSR count). The molecular formula is C18H21N3O2. The molecule has 0 saturated heterocycles. The summed E-state index contributed by atoms with van der Waals surface area (Å²) in [6, 6.07) is 13.0. The Morgan fingerprint density at radius 2 is 1.96 bits per heavy atom. The van der Waals surface area contributed by atoms with Gasteiger partial charge < -0.3 is 10.5 Å². The van der Waals surface area contributed by atoms with Crippen molar-refractivity contribution in [3.63, 3.8) is 0 Å². The van der Waals surface area contributed by atoms with E-state index in [1.165, 1.54) is 0 Å². The number of nitrogens with zero attached hydrogens (tertiary/aromatic N) is 2. The van der Waals surface area contributed by atoms with Crippen molar-refractivity contribution in [2.45, 2.75) is 26.4 Å². The molecule has 1 aliphatic heterocycles. The summed E-state index contributed by atoms with van der Waals surface area (Å²) in [6.45, 7) is 4.87. The van der Waals surface area contributed by atoms with Crippen molar-refractivity contribution in [1.82, 2.24) is 4.98 Å². The number of pyridine rings is 1. The van der Waals surface area contributed by atoms with Crippen molar-refractivity contribution < 1.29 is 9.53 Å². The average molecular weight is 311 g/mol. The van der Waals surface area contributed by atoms with Crippen molar-refractivity contribution in [1.29, 1.82) is 0 Å². The number of nitrogen functional groups attached to an aromatic ring is 1. The minimum atomic E-state index is -0.638. The van der Waals surface area contributed by atoms with Crippen molar-refractivity contribution in [2.24, 2.45) is 5.92 Å². The lowest BCUT2D eigenvalue weighted by Gasteiger charge is -2.34. The van der Waals surface area contributed by atoms with Crippen LogP contribution in [0.15, 0.2) is 42.5 Å². The van der Waals surface area contributed by atoms with Crippen LogP contribution in [0.5, 0.6) is 5.75 Å². The topological polar surface area (TPSA) is 68.5 Å². The van der Waals surface area contributed by atoms with E-state index >= 15 is 0 Å². The van der Waals surface area contributed by atoms with Crippen LogP contribution in [0.3, 0.4) is 0 Å². The van der Waals surface area contributed by atoms with Gasteiger partial charge in [0.15, 0.2) is 11.6 Å². The highest BCUT2D eigenvalue weighted by Crippen LogP contribution is 2.38. The zero-order valence-electron chi connectivity index (χ0n) is 13.4. The van der Waals surface area contributed by atoms with Gasteiger partial charge in [0.25, 0.3) is 5.91 Å². The molecule has 0 fully saturated rings. The number of rotatable bonds is 4. The zero-order chi connectivity index (χ0) is 16.4. The Labute approximate surface area is 136 Å². The minimum Gasteiger partial charge on any atom is -0.472 e. The van der Waals surface area contributed by atoms with Gasteiger partial charge in [0, 0.05) is 12.1 Å². The maximum absolute atomic E-state index is 12.9. The molecule has 1 atom stereocenters. The van der Waals surface area contributed by atoms with Gasteiger partial charge >= 0.3 is 0 Å². The lowest BCUT2D eigenvalue weighted by atomic mass is 10.1. The molecule has 1 amide bonds. The zero-order valence-corrected chi connectivity index (χ0v) is 13.4. The molecule has 1 aromatic carbocycles. The number of carbonyl (C=O) groups is 1. The highest BCUT2D eigenvalue weighted by atomic mass is 16.5. The van der Waals surface area contributed by atoms with Crippen LogP contribution in [0.1, 0.15) is 31.9 Å². The lowest BCUT2D eigenvalue weighted by molar-refractivity contribution is -0.126. The van der Waals surface area contributed by atoms with E-state index in [1.54, 1.807) is 17.0 Å². The van der Waals surface area contributed by atoms with Gasteiger partial charge in [-0.3, -0.25) is 9.69 Å². The van der Waals surface area contributed by atoms with Crippen molar-refractivity contribution in [3.05, 3.63) is 48.0 Å². The highest BCUT2D eigenvalue weighted by Gasteiger charge is 2.36. The van der Waals surface area contributed by atoms with Crippen LogP contribution in [0.25, 0.3) is 0 Å². The smallest absolute Gasteiger partial charge is 0.274 e. The van der Waals surface area contributed by atoms with E-state index in [9.17, 15) is 4.79 Å². The minimum absolute atomic E-state index is 0.0950. The monoisotopic (exact) mass is 311 g/mol. The molecule has 5 nitrogen and oxygen atoms in total. The molecule has 120 valence electrons. The quantitative estimate of drug-likeness (QED) is 0.941. The first kappa shape index (κ1) is 15.3. The summed E-state index contributed by atoms with van der Waals surface area (Å²) in [5.74, 6) is 1.89. The maximum atomic E-state index is 12.9. The molecule has 2 heterocycles. The normalized spacial score (nSPS) is 17.1. The van der Waals surface area contributed by atoms with E-state index in [2.05, 4.69) is 18.8 Å². The second-order valence-electron chi connectivity index (χ2n) is 6.14. The SMILES string of the molecule is CC(C)CCN1C(=O)C(c2ccccc2)Oc2ccc(N)nc21. The number of benzene rings is 1. The first-order chi connectivity index (χ1) is 11.1. The maximum Gasteiger partial charge on any atom is 0.274 e. The van der Waals surface area contributed by atoms with Crippen LogP contribution in [0.4, 0.5) is 11.6 Å². The molecule has 1 aliphatic rings. The molecule has 1 aromatic heterocycles. The number of fused-ring (bicyclic) bond motifs is 1. The predicted molar refractivity (Wildman–Crippen MR) is 90.3 cm³/mol.